The van der Waals surface area contributed by atoms with Gasteiger partial charge in [-0.15, -0.1) is 21.5 Å². The number of thioether (sulfide) groups is 1. The van der Waals surface area contributed by atoms with Crippen LogP contribution in [0.4, 0.5) is 0 Å². The third-order valence-corrected chi connectivity index (χ3v) is 5.13. The van der Waals surface area contributed by atoms with Gasteiger partial charge in [0.15, 0.2) is 11.0 Å². The lowest BCUT2D eigenvalue weighted by atomic mass is 10.1. The summed E-state index contributed by atoms with van der Waals surface area (Å²) in [6.45, 7) is 6.54. The van der Waals surface area contributed by atoms with E-state index in [2.05, 4.69) is 35.5 Å². The van der Waals surface area contributed by atoms with Crippen LogP contribution in [0.3, 0.4) is 0 Å². The Morgan fingerprint density at radius 3 is 2.86 bits per heavy atom. The number of thiophene rings is 1. The molecule has 0 aliphatic heterocycles. The average Bonchev–Trinajstić information content (AvgIpc) is 3.03. The molecule has 0 radical (unpaired) electrons. The SMILES string of the molecule is CCOC(=O)CSc1nnc(-c2csc(C(C)C)c2)n1C. The zero-order valence-electron chi connectivity index (χ0n) is 12.6. The predicted octanol–water partition coefficient (Wildman–Crippen LogP) is 3.32. The first-order valence-electron chi connectivity index (χ1n) is 6.79. The molecule has 0 bridgehead atoms. The highest BCUT2D eigenvalue weighted by atomic mass is 32.2. The summed E-state index contributed by atoms with van der Waals surface area (Å²) < 4.78 is 6.82. The molecule has 0 spiro atoms. The monoisotopic (exact) mass is 325 g/mol. The maximum Gasteiger partial charge on any atom is 0.316 e. The Balaban J connectivity index is 2.10. The van der Waals surface area contributed by atoms with Crippen LogP contribution in [-0.2, 0) is 16.6 Å². The third-order valence-electron chi connectivity index (χ3n) is 2.91. The topological polar surface area (TPSA) is 57.0 Å². The number of hydrogen-bond acceptors (Lipinski definition) is 6. The number of carbonyl (C=O) groups is 1. The molecule has 0 aliphatic carbocycles. The van der Waals surface area contributed by atoms with Gasteiger partial charge in [0.1, 0.15) is 0 Å². The van der Waals surface area contributed by atoms with Gasteiger partial charge in [0.05, 0.1) is 12.4 Å². The molecule has 2 heterocycles. The average molecular weight is 325 g/mol. The Bertz CT molecular complexity index is 620. The summed E-state index contributed by atoms with van der Waals surface area (Å²) in [5, 5.41) is 11.2. The van der Waals surface area contributed by atoms with E-state index in [1.54, 1.807) is 18.3 Å². The van der Waals surface area contributed by atoms with E-state index in [9.17, 15) is 4.79 Å². The van der Waals surface area contributed by atoms with Gasteiger partial charge in [0, 0.05) is 22.9 Å². The van der Waals surface area contributed by atoms with Gasteiger partial charge in [-0.3, -0.25) is 4.79 Å². The van der Waals surface area contributed by atoms with Crippen molar-refractivity contribution in [3.8, 4) is 11.4 Å². The second-order valence-electron chi connectivity index (χ2n) is 4.85. The van der Waals surface area contributed by atoms with E-state index in [1.807, 2.05) is 11.6 Å². The maximum atomic E-state index is 11.4. The zero-order chi connectivity index (χ0) is 15.4. The summed E-state index contributed by atoms with van der Waals surface area (Å²) in [7, 11) is 1.91. The van der Waals surface area contributed by atoms with Gasteiger partial charge in [-0.2, -0.15) is 0 Å². The largest absolute Gasteiger partial charge is 0.465 e. The fourth-order valence-corrected chi connectivity index (χ4v) is 3.40. The Labute approximate surface area is 132 Å². The minimum Gasteiger partial charge on any atom is -0.465 e. The van der Waals surface area contributed by atoms with E-state index in [0.29, 0.717) is 12.5 Å². The molecule has 0 saturated heterocycles. The molecule has 0 atom stereocenters. The molecular weight excluding hydrogens is 306 g/mol. The van der Waals surface area contributed by atoms with E-state index in [-0.39, 0.29) is 11.7 Å². The number of rotatable bonds is 6. The second-order valence-corrected chi connectivity index (χ2v) is 6.74. The Morgan fingerprint density at radius 2 is 2.24 bits per heavy atom. The lowest BCUT2D eigenvalue weighted by molar-refractivity contribution is -0.139. The van der Waals surface area contributed by atoms with Crippen LogP contribution < -0.4 is 0 Å². The van der Waals surface area contributed by atoms with Crippen molar-refractivity contribution in [1.82, 2.24) is 14.8 Å². The van der Waals surface area contributed by atoms with Crippen molar-refractivity contribution in [1.29, 1.82) is 0 Å². The predicted molar refractivity (Wildman–Crippen MR) is 85.8 cm³/mol. The lowest BCUT2D eigenvalue weighted by Crippen LogP contribution is -2.07. The minimum atomic E-state index is -0.232. The minimum absolute atomic E-state index is 0.232. The molecule has 114 valence electrons. The Morgan fingerprint density at radius 1 is 1.48 bits per heavy atom. The molecule has 2 aromatic rings. The summed E-state index contributed by atoms with van der Waals surface area (Å²) in [6.07, 6.45) is 0. The van der Waals surface area contributed by atoms with Gasteiger partial charge in [-0.25, -0.2) is 0 Å². The first-order chi connectivity index (χ1) is 10.0. The van der Waals surface area contributed by atoms with Gasteiger partial charge in [-0.1, -0.05) is 25.6 Å². The molecular formula is C14H19N3O2S2. The number of aromatic nitrogens is 3. The van der Waals surface area contributed by atoms with Crippen LogP contribution in [0.2, 0.25) is 0 Å². The molecule has 2 aromatic heterocycles. The van der Waals surface area contributed by atoms with Crippen molar-refractivity contribution >= 4 is 29.1 Å². The van der Waals surface area contributed by atoms with Crippen molar-refractivity contribution in [3.63, 3.8) is 0 Å². The van der Waals surface area contributed by atoms with Crippen molar-refractivity contribution in [2.75, 3.05) is 12.4 Å². The highest BCUT2D eigenvalue weighted by Gasteiger charge is 2.15. The van der Waals surface area contributed by atoms with Crippen LogP contribution in [0.1, 0.15) is 31.6 Å². The first-order valence-corrected chi connectivity index (χ1v) is 8.66. The highest BCUT2D eigenvalue weighted by Crippen LogP contribution is 2.30. The summed E-state index contributed by atoms with van der Waals surface area (Å²) in [5.41, 5.74) is 1.07. The maximum absolute atomic E-state index is 11.4. The first kappa shape index (κ1) is 16.0. The van der Waals surface area contributed by atoms with E-state index in [1.165, 1.54) is 16.6 Å². The third kappa shape index (κ3) is 3.85. The standard InChI is InChI=1S/C14H19N3O2S2/c1-5-19-12(18)8-21-14-16-15-13(17(14)4)10-6-11(9(2)3)20-7-10/h6-7,9H,5,8H2,1-4H3. The molecule has 7 heteroatoms. The van der Waals surface area contributed by atoms with Gasteiger partial charge >= 0.3 is 5.97 Å². The van der Waals surface area contributed by atoms with Crippen LogP contribution >= 0.6 is 23.1 Å². The molecule has 0 aromatic carbocycles. The quantitative estimate of drug-likeness (QED) is 0.602. The van der Waals surface area contributed by atoms with Gasteiger partial charge in [-0.05, 0) is 18.9 Å². The van der Waals surface area contributed by atoms with Crippen LogP contribution in [0.25, 0.3) is 11.4 Å². The van der Waals surface area contributed by atoms with Crippen molar-refractivity contribution in [2.24, 2.45) is 7.05 Å². The van der Waals surface area contributed by atoms with E-state index in [0.717, 1.165) is 16.5 Å². The van der Waals surface area contributed by atoms with E-state index < -0.39 is 0 Å². The summed E-state index contributed by atoms with van der Waals surface area (Å²) in [4.78, 5) is 12.7. The summed E-state index contributed by atoms with van der Waals surface area (Å²) in [5.74, 6) is 1.35. The summed E-state index contributed by atoms with van der Waals surface area (Å²) >= 11 is 3.08. The molecule has 0 saturated carbocycles. The van der Waals surface area contributed by atoms with Crippen LogP contribution in [0.15, 0.2) is 16.6 Å². The number of carbonyl (C=O) groups excluding carboxylic acids is 1. The number of hydrogen-bond donors (Lipinski definition) is 0. The van der Waals surface area contributed by atoms with Crippen LogP contribution in [0, 0.1) is 0 Å². The highest BCUT2D eigenvalue weighted by molar-refractivity contribution is 7.99. The zero-order valence-corrected chi connectivity index (χ0v) is 14.3. The van der Waals surface area contributed by atoms with E-state index >= 15 is 0 Å². The van der Waals surface area contributed by atoms with Crippen molar-refractivity contribution in [2.45, 2.75) is 31.8 Å². The molecule has 0 amide bonds. The van der Waals surface area contributed by atoms with E-state index in [4.69, 9.17) is 4.74 Å². The van der Waals surface area contributed by atoms with Crippen molar-refractivity contribution < 1.29 is 9.53 Å². The molecule has 0 unspecified atom stereocenters. The summed E-state index contributed by atoms with van der Waals surface area (Å²) in [6, 6.07) is 2.15. The molecule has 0 N–H and O–H groups in total. The normalized spacial score (nSPS) is 11.1. The fraction of sp³-hybridized carbons (Fsp3) is 0.500. The molecule has 21 heavy (non-hydrogen) atoms. The molecule has 0 aliphatic rings. The van der Waals surface area contributed by atoms with Gasteiger partial charge in [0.2, 0.25) is 0 Å². The number of nitrogens with zero attached hydrogens (tertiary/aromatic N) is 3. The van der Waals surface area contributed by atoms with Gasteiger partial charge < -0.3 is 9.30 Å². The Hall–Kier alpha value is -1.34. The Kier molecular flexibility index (Phi) is 5.41. The molecule has 2 rings (SSSR count). The number of ether oxygens (including phenoxy) is 1. The van der Waals surface area contributed by atoms with Crippen LogP contribution in [0.5, 0.6) is 0 Å². The number of esters is 1. The second kappa shape index (κ2) is 7.09. The fourth-order valence-electron chi connectivity index (χ4n) is 1.79. The van der Waals surface area contributed by atoms with Crippen molar-refractivity contribution in [3.05, 3.63) is 16.3 Å². The molecule has 0 fully saturated rings. The lowest BCUT2D eigenvalue weighted by Gasteiger charge is -2.03. The smallest absolute Gasteiger partial charge is 0.316 e. The van der Waals surface area contributed by atoms with Crippen LogP contribution in [-0.4, -0.2) is 33.1 Å². The van der Waals surface area contributed by atoms with Gasteiger partial charge in [0.25, 0.3) is 0 Å². The molecule has 5 nitrogen and oxygen atoms in total.